The molecule has 1 aliphatic rings. The smallest absolute Gasteiger partial charge is 0.337 e. The quantitative estimate of drug-likeness (QED) is 0.309. The van der Waals surface area contributed by atoms with Crippen molar-refractivity contribution in [2.75, 3.05) is 19.1 Å². The second-order valence-corrected chi connectivity index (χ2v) is 9.41. The predicted molar refractivity (Wildman–Crippen MR) is 150 cm³/mol. The zero-order chi connectivity index (χ0) is 27.0. The summed E-state index contributed by atoms with van der Waals surface area (Å²) in [6, 6.07) is 19.9. The highest BCUT2D eigenvalue weighted by Gasteiger charge is 2.43. The summed E-state index contributed by atoms with van der Waals surface area (Å²) in [5.41, 5.74) is 5.21. The van der Waals surface area contributed by atoms with Crippen LogP contribution in [-0.4, -0.2) is 40.0 Å². The Morgan fingerprint density at radius 1 is 1.00 bits per heavy atom. The van der Waals surface area contributed by atoms with Crippen LogP contribution in [0.3, 0.4) is 0 Å². The molecule has 1 fully saturated rings. The lowest BCUT2D eigenvalue weighted by atomic mass is 9.96. The van der Waals surface area contributed by atoms with E-state index >= 15 is 0 Å². The third-order valence-corrected chi connectivity index (χ3v) is 7.22. The first-order chi connectivity index (χ1) is 18.3. The van der Waals surface area contributed by atoms with E-state index < -0.39 is 5.97 Å². The first-order valence-corrected chi connectivity index (χ1v) is 12.5. The standard InChI is InChI=1S/C29H28N4O4S/c1-17-15-21(18(2)32(17)23-11-6-5-9-20(23)28(34)35)27-26(22-10-7-8-14-30-22)31-29(38)33(27)24-16-19(36-3)12-13-25(24)37-4/h5-16,26-27H,1-4H3,(H,31,38)(H,34,35)/t26-,27+/m0/s1. The summed E-state index contributed by atoms with van der Waals surface area (Å²) in [7, 11) is 3.24. The largest absolute Gasteiger partial charge is 0.497 e. The maximum atomic E-state index is 12.0. The SMILES string of the molecule is COc1ccc(OC)c(N2C(=S)N[C@@H](c3ccccn3)[C@H]2c2cc(C)n(-c3ccccc3C(=O)O)c2C)c1. The third-order valence-electron chi connectivity index (χ3n) is 6.91. The van der Waals surface area contributed by atoms with Crippen molar-refractivity contribution in [2.45, 2.75) is 25.9 Å². The molecule has 2 atom stereocenters. The number of rotatable bonds is 7. The lowest BCUT2D eigenvalue weighted by Crippen LogP contribution is -2.30. The zero-order valence-corrected chi connectivity index (χ0v) is 22.3. The fourth-order valence-corrected chi connectivity index (χ4v) is 5.56. The highest BCUT2D eigenvalue weighted by Crippen LogP contribution is 2.47. The monoisotopic (exact) mass is 528 g/mol. The number of methoxy groups -OCH3 is 2. The Morgan fingerprint density at radius 3 is 2.45 bits per heavy atom. The van der Waals surface area contributed by atoms with Crippen molar-refractivity contribution in [3.05, 3.63) is 101 Å². The predicted octanol–water partition coefficient (Wildman–Crippen LogP) is 5.38. The van der Waals surface area contributed by atoms with Crippen molar-refractivity contribution in [1.82, 2.24) is 14.9 Å². The highest BCUT2D eigenvalue weighted by atomic mass is 32.1. The number of hydrogen-bond donors (Lipinski definition) is 2. The van der Waals surface area contributed by atoms with Crippen LogP contribution in [0.25, 0.3) is 5.69 Å². The Balaban J connectivity index is 1.74. The molecule has 2 N–H and O–H groups in total. The minimum atomic E-state index is -0.979. The molecule has 1 aliphatic heterocycles. The van der Waals surface area contributed by atoms with E-state index in [2.05, 4.69) is 16.4 Å². The van der Waals surface area contributed by atoms with E-state index in [4.69, 9.17) is 21.7 Å². The van der Waals surface area contributed by atoms with E-state index in [-0.39, 0.29) is 17.6 Å². The lowest BCUT2D eigenvalue weighted by Gasteiger charge is -2.29. The number of benzene rings is 2. The van der Waals surface area contributed by atoms with Crippen LogP contribution in [0.4, 0.5) is 5.69 Å². The van der Waals surface area contributed by atoms with E-state index in [1.165, 1.54) is 0 Å². The molecule has 2 aromatic heterocycles. The van der Waals surface area contributed by atoms with Crippen LogP contribution < -0.4 is 19.7 Å². The molecule has 8 nitrogen and oxygen atoms in total. The average Bonchev–Trinajstić information content (AvgIpc) is 3.43. The van der Waals surface area contributed by atoms with Crippen molar-refractivity contribution in [1.29, 1.82) is 0 Å². The number of nitrogens with zero attached hydrogens (tertiary/aromatic N) is 3. The maximum absolute atomic E-state index is 12.0. The van der Waals surface area contributed by atoms with Crippen LogP contribution in [-0.2, 0) is 0 Å². The number of carboxylic acids is 1. The summed E-state index contributed by atoms with van der Waals surface area (Å²) in [6.07, 6.45) is 1.76. The fraction of sp³-hybridized carbons (Fsp3) is 0.207. The van der Waals surface area contributed by atoms with Gasteiger partial charge in [0.15, 0.2) is 5.11 Å². The van der Waals surface area contributed by atoms with Crippen molar-refractivity contribution in [3.8, 4) is 17.2 Å². The van der Waals surface area contributed by atoms with Gasteiger partial charge in [-0.1, -0.05) is 18.2 Å². The molecule has 0 spiro atoms. The molecule has 0 unspecified atom stereocenters. The molecule has 9 heteroatoms. The molecule has 0 radical (unpaired) electrons. The van der Waals surface area contributed by atoms with Gasteiger partial charge in [-0.25, -0.2) is 4.79 Å². The molecular formula is C29H28N4O4S. The van der Waals surface area contributed by atoms with Gasteiger partial charge < -0.3 is 29.4 Å². The van der Waals surface area contributed by atoms with Gasteiger partial charge in [-0.2, -0.15) is 0 Å². The number of aromatic carboxylic acids is 1. The van der Waals surface area contributed by atoms with E-state index in [9.17, 15) is 9.90 Å². The number of para-hydroxylation sites is 1. The maximum Gasteiger partial charge on any atom is 0.337 e. The molecule has 3 heterocycles. The van der Waals surface area contributed by atoms with Crippen molar-refractivity contribution in [3.63, 3.8) is 0 Å². The zero-order valence-electron chi connectivity index (χ0n) is 21.5. The van der Waals surface area contributed by atoms with Crippen LogP contribution in [0.2, 0.25) is 0 Å². The summed E-state index contributed by atoms with van der Waals surface area (Å²) in [5.74, 6) is 0.337. The third kappa shape index (κ3) is 4.24. The van der Waals surface area contributed by atoms with Gasteiger partial charge in [-0.15, -0.1) is 0 Å². The summed E-state index contributed by atoms with van der Waals surface area (Å²) < 4.78 is 13.2. The molecule has 38 heavy (non-hydrogen) atoms. The number of thiocarbonyl (C=S) groups is 1. The number of carbonyl (C=O) groups is 1. The van der Waals surface area contributed by atoms with Gasteiger partial charge in [0.05, 0.1) is 48.9 Å². The molecule has 5 rings (SSSR count). The topological polar surface area (TPSA) is 88.9 Å². The summed E-state index contributed by atoms with van der Waals surface area (Å²) in [4.78, 5) is 18.7. The van der Waals surface area contributed by atoms with E-state index in [1.54, 1.807) is 32.5 Å². The van der Waals surface area contributed by atoms with Gasteiger partial charge in [0, 0.05) is 23.7 Å². The van der Waals surface area contributed by atoms with E-state index in [0.29, 0.717) is 22.3 Å². The Morgan fingerprint density at radius 2 is 1.76 bits per heavy atom. The summed E-state index contributed by atoms with van der Waals surface area (Å²) >= 11 is 5.90. The van der Waals surface area contributed by atoms with Gasteiger partial charge in [0.2, 0.25) is 0 Å². The Kier molecular flexibility index (Phi) is 6.77. The Labute approximate surface area is 226 Å². The number of pyridine rings is 1. The molecule has 2 aromatic carbocycles. The van der Waals surface area contributed by atoms with Gasteiger partial charge >= 0.3 is 5.97 Å². The molecule has 1 saturated heterocycles. The molecule has 194 valence electrons. The number of aromatic nitrogens is 2. The van der Waals surface area contributed by atoms with Crippen LogP contribution in [0.5, 0.6) is 11.5 Å². The average molecular weight is 529 g/mol. The van der Waals surface area contributed by atoms with Gasteiger partial charge in [0.25, 0.3) is 0 Å². The molecular weight excluding hydrogens is 500 g/mol. The number of aryl methyl sites for hydroxylation is 1. The van der Waals surface area contributed by atoms with Crippen molar-refractivity contribution >= 4 is 29.0 Å². The summed E-state index contributed by atoms with van der Waals surface area (Å²) in [5, 5.41) is 13.9. The molecule has 0 bridgehead atoms. The Hall–Kier alpha value is -4.37. The van der Waals surface area contributed by atoms with Gasteiger partial charge in [-0.05, 0) is 74.1 Å². The first-order valence-electron chi connectivity index (χ1n) is 12.1. The molecule has 4 aromatic rings. The molecule has 0 aliphatic carbocycles. The van der Waals surface area contributed by atoms with Crippen molar-refractivity contribution < 1.29 is 19.4 Å². The van der Waals surface area contributed by atoms with Gasteiger partial charge in [0.1, 0.15) is 11.5 Å². The first kappa shape index (κ1) is 25.3. The van der Waals surface area contributed by atoms with Crippen LogP contribution in [0.1, 0.15) is 45.1 Å². The second-order valence-electron chi connectivity index (χ2n) is 9.02. The minimum Gasteiger partial charge on any atom is -0.497 e. The number of anilines is 1. The number of carboxylic acid groups (broad SMARTS) is 1. The van der Waals surface area contributed by atoms with E-state index in [0.717, 1.165) is 28.3 Å². The number of nitrogens with one attached hydrogen (secondary N) is 1. The van der Waals surface area contributed by atoms with E-state index in [1.807, 2.05) is 71.8 Å². The number of hydrogen-bond acceptors (Lipinski definition) is 5. The fourth-order valence-electron chi connectivity index (χ4n) is 5.22. The number of ether oxygens (including phenoxy) is 2. The minimum absolute atomic E-state index is 0.230. The molecule has 0 amide bonds. The lowest BCUT2D eigenvalue weighted by molar-refractivity contribution is 0.0697. The molecule has 0 saturated carbocycles. The van der Waals surface area contributed by atoms with Crippen LogP contribution >= 0.6 is 12.2 Å². The Bertz CT molecular complexity index is 1520. The van der Waals surface area contributed by atoms with Crippen molar-refractivity contribution in [2.24, 2.45) is 0 Å². The summed E-state index contributed by atoms with van der Waals surface area (Å²) in [6.45, 7) is 3.97. The highest BCUT2D eigenvalue weighted by molar-refractivity contribution is 7.80. The van der Waals surface area contributed by atoms with Crippen LogP contribution in [0.15, 0.2) is 72.9 Å². The normalized spacial score (nSPS) is 16.8. The van der Waals surface area contributed by atoms with Crippen LogP contribution in [0, 0.1) is 13.8 Å². The second kappa shape index (κ2) is 10.2. The van der Waals surface area contributed by atoms with Gasteiger partial charge in [-0.3, -0.25) is 4.98 Å².